The highest BCUT2D eigenvalue weighted by Gasteiger charge is 2.25. The minimum atomic E-state index is 0.522. The minimum absolute atomic E-state index is 0.522. The fraction of sp³-hybridized carbons (Fsp3) is 0.500. The standard InChI is InChI=1S/C14H19N3S2/c1-10-7-13(12-4-6-18-14(12)19-10)15-5-3-11-8-16-17(2)9-11/h4,6,8-10,13,15H,3,5,7H2,1-2H3/t10-,13?/m0/s1. The van der Waals surface area contributed by atoms with Gasteiger partial charge in [-0.15, -0.1) is 23.1 Å². The number of nitrogens with zero attached hydrogens (tertiary/aromatic N) is 2. The first-order valence-electron chi connectivity index (χ1n) is 6.67. The molecule has 0 saturated carbocycles. The molecule has 0 fully saturated rings. The lowest BCUT2D eigenvalue weighted by Crippen LogP contribution is -2.28. The van der Waals surface area contributed by atoms with Crippen LogP contribution in [0.4, 0.5) is 0 Å². The van der Waals surface area contributed by atoms with Crippen LogP contribution in [0.1, 0.15) is 30.5 Å². The molecular formula is C14H19N3S2. The van der Waals surface area contributed by atoms with Crippen molar-refractivity contribution in [3.05, 3.63) is 35.0 Å². The Balaban J connectivity index is 1.59. The van der Waals surface area contributed by atoms with Gasteiger partial charge < -0.3 is 5.32 Å². The Kier molecular flexibility index (Phi) is 3.96. The third-order valence-corrected chi connectivity index (χ3v) is 5.82. The Morgan fingerprint density at radius 3 is 3.21 bits per heavy atom. The van der Waals surface area contributed by atoms with Gasteiger partial charge in [-0.2, -0.15) is 5.10 Å². The predicted molar refractivity (Wildman–Crippen MR) is 81.9 cm³/mol. The van der Waals surface area contributed by atoms with Gasteiger partial charge in [-0.1, -0.05) is 6.92 Å². The maximum absolute atomic E-state index is 4.21. The molecule has 0 aliphatic carbocycles. The third kappa shape index (κ3) is 3.04. The van der Waals surface area contributed by atoms with Gasteiger partial charge >= 0.3 is 0 Å². The van der Waals surface area contributed by atoms with Gasteiger partial charge in [0.15, 0.2) is 0 Å². The second kappa shape index (κ2) is 5.69. The molecule has 5 heteroatoms. The number of hydrogen-bond donors (Lipinski definition) is 1. The zero-order valence-corrected chi connectivity index (χ0v) is 12.9. The van der Waals surface area contributed by atoms with Crippen LogP contribution in [0.25, 0.3) is 0 Å². The van der Waals surface area contributed by atoms with Gasteiger partial charge in [0, 0.05) is 24.5 Å². The van der Waals surface area contributed by atoms with Crippen LogP contribution in [0.2, 0.25) is 0 Å². The topological polar surface area (TPSA) is 29.9 Å². The molecule has 1 aliphatic rings. The molecule has 1 aliphatic heterocycles. The summed E-state index contributed by atoms with van der Waals surface area (Å²) in [7, 11) is 1.97. The zero-order chi connectivity index (χ0) is 13.2. The molecule has 2 aromatic rings. The second-order valence-electron chi connectivity index (χ2n) is 5.11. The molecule has 0 radical (unpaired) electrons. The van der Waals surface area contributed by atoms with Crippen LogP contribution in [0.3, 0.4) is 0 Å². The summed E-state index contributed by atoms with van der Waals surface area (Å²) in [6.07, 6.45) is 6.32. The van der Waals surface area contributed by atoms with E-state index in [2.05, 4.69) is 35.0 Å². The van der Waals surface area contributed by atoms with Crippen molar-refractivity contribution in [2.45, 2.75) is 35.3 Å². The molecule has 0 amide bonds. The van der Waals surface area contributed by atoms with Gasteiger partial charge in [-0.25, -0.2) is 0 Å². The molecule has 19 heavy (non-hydrogen) atoms. The monoisotopic (exact) mass is 293 g/mol. The van der Waals surface area contributed by atoms with E-state index in [9.17, 15) is 0 Å². The summed E-state index contributed by atoms with van der Waals surface area (Å²) in [6, 6.07) is 2.80. The van der Waals surface area contributed by atoms with Crippen molar-refractivity contribution < 1.29 is 0 Å². The highest BCUT2D eigenvalue weighted by molar-refractivity contribution is 8.01. The molecule has 0 saturated heterocycles. The molecule has 0 aromatic carbocycles. The first kappa shape index (κ1) is 13.2. The van der Waals surface area contributed by atoms with E-state index >= 15 is 0 Å². The van der Waals surface area contributed by atoms with E-state index in [0.29, 0.717) is 11.3 Å². The Hall–Kier alpha value is -0.780. The zero-order valence-electron chi connectivity index (χ0n) is 11.3. The first-order valence-corrected chi connectivity index (χ1v) is 8.43. The second-order valence-corrected chi connectivity index (χ2v) is 7.73. The van der Waals surface area contributed by atoms with Crippen LogP contribution < -0.4 is 5.32 Å². The largest absolute Gasteiger partial charge is 0.309 e. The Morgan fingerprint density at radius 2 is 2.42 bits per heavy atom. The van der Waals surface area contributed by atoms with Gasteiger partial charge in [0.2, 0.25) is 0 Å². The van der Waals surface area contributed by atoms with Gasteiger partial charge in [-0.05, 0) is 42.0 Å². The first-order chi connectivity index (χ1) is 9.22. The van der Waals surface area contributed by atoms with Crippen LogP contribution >= 0.6 is 23.1 Å². The van der Waals surface area contributed by atoms with Gasteiger partial charge in [-0.3, -0.25) is 4.68 Å². The van der Waals surface area contributed by atoms with Crippen molar-refractivity contribution in [3.63, 3.8) is 0 Å². The molecule has 1 unspecified atom stereocenters. The Labute approximate surface area is 122 Å². The average molecular weight is 293 g/mol. The van der Waals surface area contributed by atoms with Crippen LogP contribution in [0.5, 0.6) is 0 Å². The molecule has 0 spiro atoms. The van der Waals surface area contributed by atoms with Crippen LogP contribution in [-0.2, 0) is 13.5 Å². The Morgan fingerprint density at radius 1 is 1.53 bits per heavy atom. The average Bonchev–Trinajstić information content (AvgIpc) is 2.98. The number of rotatable bonds is 4. The molecule has 2 aromatic heterocycles. The molecule has 3 heterocycles. The van der Waals surface area contributed by atoms with Crippen LogP contribution in [0, 0.1) is 0 Å². The lowest BCUT2D eigenvalue weighted by Gasteiger charge is -2.27. The van der Waals surface area contributed by atoms with Crippen molar-refractivity contribution >= 4 is 23.1 Å². The molecule has 1 N–H and O–H groups in total. The van der Waals surface area contributed by atoms with Crippen LogP contribution in [0.15, 0.2) is 28.0 Å². The Bertz CT molecular complexity index is 546. The lowest BCUT2D eigenvalue weighted by atomic mass is 10.0. The fourth-order valence-electron chi connectivity index (χ4n) is 2.53. The normalized spacial score (nSPS) is 22.4. The van der Waals surface area contributed by atoms with E-state index in [-0.39, 0.29) is 0 Å². The van der Waals surface area contributed by atoms with E-state index in [0.717, 1.165) is 13.0 Å². The quantitative estimate of drug-likeness (QED) is 0.938. The summed E-state index contributed by atoms with van der Waals surface area (Å²) in [5, 5.41) is 10.8. The predicted octanol–water partition coefficient (Wildman–Crippen LogP) is 3.24. The number of aromatic nitrogens is 2. The van der Waals surface area contributed by atoms with E-state index in [1.54, 1.807) is 0 Å². The van der Waals surface area contributed by atoms with Gasteiger partial charge in [0.1, 0.15) is 0 Å². The minimum Gasteiger partial charge on any atom is -0.309 e. The highest BCUT2D eigenvalue weighted by Crippen LogP contribution is 2.43. The summed E-state index contributed by atoms with van der Waals surface area (Å²) in [5.41, 5.74) is 2.80. The summed E-state index contributed by atoms with van der Waals surface area (Å²) < 4.78 is 3.36. The molecular weight excluding hydrogens is 274 g/mol. The third-order valence-electron chi connectivity index (χ3n) is 3.47. The van der Waals surface area contributed by atoms with Crippen molar-refractivity contribution in [1.29, 1.82) is 0 Å². The van der Waals surface area contributed by atoms with Crippen molar-refractivity contribution in [1.82, 2.24) is 15.1 Å². The van der Waals surface area contributed by atoms with E-state index in [1.807, 2.05) is 41.0 Å². The number of aryl methyl sites for hydroxylation is 1. The number of thioether (sulfide) groups is 1. The summed E-state index contributed by atoms with van der Waals surface area (Å²) >= 11 is 3.90. The van der Waals surface area contributed by atoms with Crippen molar-refractivity contribution in [2.75, 3.05) is 6.54 Å². The smallest absolute Gasteiger partial charge is 0.0649 e. The van der Waals surface area contributed by atoms with E-state index < -0.39 is 0 Å². The summed E-state index contributed by atoms with van der Waals surface area (Å²) in [6.45, 7) is 3.34. The maximum atomic E-state index is 4.21. The summed E-state index contributed by atoms with van der Waals surface area (Å²) in [5.74, 6) is 0. The fourth-order valence-corrected chi connectivity index (χ4v) is 5.10. The molecule has 2 atom stereocenters. The number of hydrogen-bond acceptors (Lipinski definition) is 4. The van der Waals surface area contributed by atoms with Gasteiger partial charge in [0.25, 0.3) is 0 Å². The number of thiophene rings is 1. The van der Waals surface area contributed by atoms with Crippen molar-refractivity contribution in [2.24, 2.45) is 7.05 Å². The molecule has 3 nitrogen and oxygen atoms in total. The molecule has 102 valence electrons. The number of nitrogens with one attached hydrogen (secondary N) is 1. The SMILES string of the molecule is C[C@H]1CC(NCCc2cnn(C)c2)c2ccsc2S1. The van der Waals surface area contributed by atoms with Gasteiger partial charge in [0.05, 0.1) is 10.4 Å². The molecule has 3 rings (SSSR count). The molecule has 0 bridgehead atoms. The maximum Gasteiger partial charge on any atom is 0.0649 e. The van der Waals surface area contributed by atoms with Crippen molar-refractivity contribution in [3.8, 4) is 0 Å². The van der Waals surface area contributed by atoms with E-state index in [1.165, 1.54) is 21.8 Å². The highest BCUT2D eigenvalue weighted by atomic mass is 32.2. The summed E-state index contributed by atoms with van der Waals surface area (Å²) in [4.78, 5) is 0. The van der Waals surface area contributed by atoms with Crippen LogP contribution in [-0.4, -0.2) is 21.6 Å². The van der Waals surface area contributed by atoms with E-state index in [4.69, 9.17) is 0 Å². The lowest BCUT2D eigenvalue weighted by molar-refractivity contribution is 0.492. The number of fused-ring (bicyclic) bond motifs is 1.